The Labute approximate surface area is 369 Å². The lowest BCUT2D eigenvalue weighted by Gasteiger charge is -2.36. The Kier molecular flexibility index (Phi) is 13.5. The van der Waals surface area contributed by atoms with E-state index in [1.165, 1.54) is 41.3 Å². The van der Waals surface area contributed by atoms with E-state index in [2.05, 4.69) is 54.1 Å². The lowest BCUT2D eigenvalue weighted by molar-refractivity contribution is -0.384. The zero-order valence-electron chi connectivity index (χ0n) is 33.7. The van der Waals surface area contributed by atoms with Crippen LogP contribution in [0.4, 0.5) is 22.9 Å². The number of fused-ring (bicyclic) bond motifs is 1. The van der Waals surface area contributed by atoms with Crippen LogP contribution in [0.2, 0.25) is 5.02 Å². The van der Waals surface area contributed by atoms with E-state index >= 15 is 0 Å². The van der Waals surface area contributed by atoms with Crippen molar-refractivity contribution >= 4 is 73.1 Å². The molecule has 1 atom stereocenters. The molecular formula is C45H45ClN8O6S2. The third-order valence-electron chi connectivity index (χ3n) is 11.0. The number of anilines is 3. The highest BCUT2D eigenvalue weighted by Gasteiger charge is 2.27. The van der Waals surface area contributed by atoms with Crippen molar-refractivity contribution in [3.05, 3.63) is 142 Å². The number of thioether (sulfide) groups is 1. The number of benzene rings is 5. The van der Waals surface area contributed by atoms with Gasteiger partial charge < -0.3 is 19.9 Å². The zero-order valence-corrected chi connectivity index (χ0v) is 36.1. The number of morpholine rings is 1. The van der Waals surface area contributed by atoms with Gasteiger partial charge in [-0.1, -0.05) is 66.2 Å². The van der Waals surface area contributed by atoms with Gasteiger partial charge in [0.2, 0.25) is 5.91 Å². The summed E-state index contributed by atoms with van der Waals surface area (Å²) in [6.07, 6.45) is 1.37. The third-order valence-corrected chi connectivity index (χ3v) is 13.7. The Morgan fingerprint density at radius 2 is 1.61 bits per heavy atom. The number of halogens is 1. The molecule has 6 aromatic rings. The van der Waals surface area contributed by atoms with Crippen LogP contribution in [0.1, 0.15) is 12.0 Å². The minimum atomic E-state index is -4.34. The number of rotatable bonds is 15. The van der Waals surface area contributed by atoms with Crippen LogP contribution in [0.25, 0.3) is 22.0 Å². The molecule has 5 aromatic carbocycles. The highest BCUT2D eigenvalue weighted by atomic mass is 35.5. The molecule has 2 aliphatic rings. The lowest BCUT2D eigenvalue weighted by Crippen LogP contribution is -2.46. The summed E-state index contributed by atoms with van der Waals surface area (Å²) in [6.45, 7) is 5.94. The van der Waals surface area contributed by atoms with Crippen molar-refractivity contribution < 1.29 is 22.9 Å². The summed E-state index contributed by atoms with van der Waals surface area (Å²) < 4.78 is 35.6. The number of piperazine rings is 1. The van der Waals surface area contributed by atoms with Crippen LogP contribution in [0.5, 0.6) is 0 Å². The van der Waals surface area contributed by atoms with Crippen molar-refractivity contribution in [2.75, 3.05) is 73.2 Å². The molecule has 0 aliphatic carbocycles. The van der Waals surface area contributed by atoms with Crippen LogP contribution in [0.3, 0.4) is 0 Å². The number of amides is 1. The summed E-state index contributed by atoms with van der Waals surface area (Å²) in [5, 5.41) is 16.8. The molecule has 0 saturated carbocycles. The second-order valence-electron chi connectivity index (χ2n) is 15.1. The molecule has 2 fully saturated rings. The average molecular weight is 893 g/mol. The number of sulfonamides is 1. The fourth-order valence-corrected chi connectivity index (χ4v) is 9.79. The molecular weight excluding hydrogens is 848 g/mol. The first kappa shape index (κ1) is 42.9. The molecule has 1 amide bonds. The van der Waals surface area contributed by atoms with Gasteiger partial charge in [-0.25, -0.2) is 18.4 Å². The van der Waals surface area contributed by atoms with Crippen molar-refractivity contribution in [3.8, 4) is 11.1 Å². The van der Waals surface area contributed by atoms with E-state index in [0.717, 1.165) is 54.9 Å². The highest BCUT2D eigenvalue weighted by Crippen LogP contribution is 2.33. The number of hydrogen-bond acceptors (Lipinski definition) is 12. The third kappa shape index (κ3) is 10.5. The standard InChI is InChI=1S/C45H45ClN8O6S2/c46-34-12-10-32(11-13-34)39-9-5-4-6-33(39)29-51-18-20-52(21-19-51)36-14-16-40-42(27-36)47-31-48-45(40)50-62(58,59)38-15-17-41(43(28-38)54(56)57)49-35(30-61-37-7-2-1-3-8-37)26-44(55)53-22-24-60-25-23-53/h1-17,27-28,31,35,49H,18-26,29-30H2,(H,47,48,50). The van der Waals surface area contributed by atoms with Crippen LogP contribution in [-0.4, -0.2) is 103 Å². The smallest absolute Gasteiger partial charge is 0.293 e. The van der Waals surface area contributed by atoms with Gasteiger partial charge in [0.25, 0.3) is 15.7 Å². The van der Waals surface area contributed by atoms with E-state index in [1.54, 1.807) is 11.0 Å². The van der Waals surface area contributed by atoms with Crippen molar-refractivity contribution in [2.45, 2.75) is 28.8 Å². The largest absolute Gasteiger partial charge is 0.378 e. The van der Waals surface area contributed by atoms with Crippen molar-refractivity contribution in [2.24, 2.45) is 0 Å². The van der Waals surface area contributed by atoms with E-state index in [1.807, 2.05) is 66.7 Å². The van der Waals surface area contributed by atoms with Crippen LogP contribution >= 0.6 is 23.4 Å². The number of nitro groups is 1. The number of nitrogens with one attached hydrogen (secondary N) is 2. The molecule has 2 saturated heterocycles. The second kappa shape index (κ2) is 19.5. The van der Waals surface area contributed by atoms with Gasteiger partial charge in [0.05, 0.1) is 28.5 Å². The van der Waals surface area contributed by atoms with E-state index in [0.29, 0.717) is 48.0 Å². The molecule has 0 spiro atoms. The number of carbonyl (C=O) groups is 1. The molecule has 14 nitrogen and oxygen atoms in total. The molecule has 0 bridgehead atoms. The summed E-state index contributed by atoms with van der Waals surface area (Å²) in [4.78, 5) is 40.9. The minimum Gasteiger partial charge on any atom is -0.378 e. The van der Waals surface area contributed by atoms with Crippen molar-refractivity contribution in [3.63, 3.8) is 0 Å². The predicted molar refractivity (Wildman–Crippen MR) is 244 cm³/mol. The number of ether oxygens (including phenoxy) is 1. The van der Waals surface area contributed by atoms with Gasteiger partial charge in [-0.05, 0) is 71.3 Å². The van der Waals surface area contributed by atoms with Gasteiger partial charge in [0.15, 0.2) is 5.82 Å². The first-order valence-corrected chi connectivity index (χ1v) is 23.1. The molecule has 3 heterocycles. The normalized spacial score (nSPS) is 15.3. The van der Waals surface area contributed by atoms with Crippen LogP contribution < -0.4 is 14.9 Å². The van der Waals surface area contributed by atoms with E-state index in [4.69, 9.17) is 16.3 Å². The Balaban J connectivity index is 0.943. The Hall–Kier alpha value is -5.78. The molecule has 1 unspecified atom stereocenters. The molecule has 320 valence electrons. The van der Waals surface area contributed by atoms with Gasteiger partial charge in [0.1, 0.15) is 12.0 Å². The SMILES string of the molecule is O=C(CC(CSc1ccccc1)Nc1ccc(S(=O)(=O)Nc2ncnc3cc(N4CCN(Cc5ccccc5-c5ccc(Cl)cc5)CC4)ccc23)cc1[N+](=O)[O-])N1CCOCC1. The zero-order chi connectivity index (χ0) is 43.1. The predicted octanol–water partition coefficient (Wildman–Crippen LogP) is 7.80. The topological polar surface area (TPSA) is 163 Å². The summed E-state index contributed by atoms with van der Waals surface area (Å²) in [5.74, 6) is 0.384. The fourth-order valence-electron chi connectivity index (χ4n) is 7.67. The summed E-state index contributed by atoms with van der Waals surface area (Å²) in [7, 11) is -4.34. The van der Waals surface area contributed by atoms with Crippen molar-refractivity contribution in [1.29, 1.82) is 0 Å². The van der Waals surface area contributed by atoms with E-state index in [9.17, 15) is 23.3 Å². The number of hydrogen-bond donors (Lipinski definition) is 2. The maximum atomic E-state index is 13.8. The number of carbonyl (C=O) groups excluding carboxylic acids is 1. The fraction of sp³-hybridized carbons (Fsp3) is 0.267. The average Bonchev–Trinajstić information content (AvgIpc) is 3.29. The monoisotopic (exact) mass is 892 g/mol. The van der Waals surface area contributed by atoms with Gasteiger partial charge in [-0.15, -0.1) is 11.8 Å². The lowest BCUT2D eigenvalue weighted by atomic mass is 9.99. The summed E-state index contributed by atoms with van der Waals surface area (Å²) in [5.41, 5.74) is 4.73. The molecule has 17 heteroatoms. The van der Waals surface area contributed by atoms with Gasteiger partial charge >= 0.3 is 0 Å². The van der Waals surface area contributed by atoms with E-state index in [-0.39, 0.29) is 28.7 Å². The van der Waals surface area contributed by atoms with Crippen molar-refractivity contribution in [1.82, 2.24) is 19.8 Å². The minimum absolute atomic E-state index is 0.0511. The molecule has 2 aliphatic heterocycles. The molecule has 2 N–H and O–H groups in total. The molecule has 1 aromatic heterocycles. The van der Waals surface area contributed by atoms with Gasteiger partial charge in [-0.3, -0.25) is 24.5 Å². The van der Waals surface area contributed by atoms with Gasteiger partial charge in [-0.2, -0.15) is 0 Å². The van der Waals surface area contributed by atoms with Crippen LogP contribution in [0, 0.1) is 10.1 Å². The number of nitro benzene ring substituents is 1. The van der Waals surface area contributed by atoms with Gasteiger partial charge in [0, 0.05) is 91.1 Å². The van der Waals surface area contributed by atoms with E-state index < -0.39 is 26.7 Å². The Bertz CT molecular complexity index is 2650. The Morgan fingerprint density at radius 1 is 0.871 bits per heavy atom. The maximum absolute atomic E-state index is 13.8. The first-order chi connectivity index (χ1) is 30.1. The maximum Gasteiger partial charge on any atom is 0.293 e. The summed E-state index contributed by atoms with van der Waals surface area (Å²) >= 11 is 7.66. The first-order valence-electron chi connectivity index (χ1n) is 20.3. The second-order valence-corrected chi connectivity index (χ2v) is 18.3. The number of aromatic nitrogens is 2. The number of nitrogens with zero attached hydrogens (tertiary/aromatic N) is 6. The molecule has 62 heavy (non-hydrogen) atoms. The summed E-state index contributed by atoms with van der Waals surface area (Å²) in [6, 6.07) is 34.8. The quantitative estimate of drug-likeness (QED) is 0.0585. The van der Waals surface area contributed by atoms with Crippen LogP contribution in [0.15, 0.2) is 131 Å². The highest BCUT2D eigenvalue weighted by molar-refractivity contribution is 7.99. The Morgan fingerprint density at radius 3 is 2.37 bits per heavy atom. The van der Waals surface area contributed by atoms with Crippen LogP contribution in [-0.2, 0) is 26.1 Å². The molecule has 0 radical (unpaired) electrons. The molecule has 8 rings (SSSR count).